The Morgan fingerprint density at radius 3 is 2.62 bits per heavy atom. The van der Waals surface area contributed by atoms with Gasteiger partial charge in [-0.25, -0.2) is 9.37 Å². The second-order valence-corrected chi connectivity index (χ2v) is 11.1. The smallest absolute Gasteiger partial charge is 0.309 e. The van der Waals surface area contributed by atoms with Crippen molar-refractivity contribution in [2.75, 3.05) is 24.6 Å². The Balaban J connectivity index is 1.50. The summed E-state index contributed by atoms with van der Waals surface area (Å²) in [6.45, 7) is 5.25. The van der Waals surface area contributed by atoms with E-state index in [9.17, 15) is 18.8 Å². The highest BCUT2D eigenvalue weighted by Crippen LogP contribution is 2.35. The van der Waals surface area contributed by atoms with Gasteiger partial charge in [0.2, 0.25) is 0 Å². The summed E-state index contributed by atoms with van der Waals surface area (Å²) >= 11 is 6.60. The van der Waals surface area contributed by atoms with Gasteiger partial charge in [0.1, 0.15) is 21.6 Å². The number of hydrogen-bond acceptors (Lipinski definition) is 8. The number of ether oxygens (including phenoxy) is 1. The molecule has 4 heterocycles. The second-order valence-electron chi connectivity index (χ2n) is 9.45. The van der Waals surface area contributed by atoms with Gasteiger partial charge in [-0.15, -0.1) is 0 Å². The van der Waals surface area contributed by atoms with Crippen molar-refractivity contribution in [3.8, 4) is 0 Å². The number of thioether (sulfide) groups is 1. The molecule has 1 amide bonds. The normalized spacial score (nSPS) is 17.5. The largest absolute Gasteiger partial charge is 0.466 e. The third kappa shape index (κ3) is 5.46. The lowest BCUT2D eigenvalue weighted by molar-refractivity contribution is -0.148. The van der Waals surface area contributed by atoms with E-state index in [0.717, 1.165) is 22.9 Å². The summed E-state index contributed by atoms with van der Waals surface area (Å²) in [5.74, 6) is -0.613. The molecule has 0 unspecified atom stereocenters. The number of halogens is 1. The number of anilines is 1. The molecule has 0 saturated carbocycles. The Morgan fingerprint density at radius 1 is 1.21 bits per heavy atom. The molecule has 0 radical (unpaired) electrons. The first-order valence-corrected chi connectivity index (χ1v) is 13.9. The molecule has 1 aromatic carbocycles. The van der Waals surface area contributed by atoms with E-state index in [-0.39, 0.29) is 41.3 Å². The van der Waals surface area contributed by atoms with E-state index in [1.54, 1.807) is 37.4 Å². The highest BCUT2D eigenvalue weighted by atomic mass is 32.2. The summed E-state index contributed by atoms with van der Waals surface area (Å²) in [4.78, 5) is 48.0. The zero-order valence-electron chi connectivity index (χ0n) is 21.6. The molecular weight excluding hydrogens is 539 g/mol. The number of nitrogens with zero attached hydrogens (tertiary/aromatic N) is 4. The molecule has 0 bridgehead atoms. The number of aromatic nitrogens is 2. The first kappa shape index (κ1) is 27.0. The minimum Gasteiger partial charge on any atom is -0.466 e. The van der Waals surface area contributed by atoms with Gasteiger partial charge in [0, 0.05) is 19.3 Å². The number of benzene rings is 1. The van der Waals surface area contributed by atoms with Crippen molar-refractivity contribution in [1.82, 2.24) is 14.3 Å². The predicted molar refractivity (Wildman–Crippen MR) is 153 cm³/mol. The standard InChI is InChI=1S/C28H27FN4O4S2/c1-3-37-27(36)19-10-13-31(14-11-19)24-21(25(34)32-12-4-5-17(2)23(32)30-24)15-22-26(35)33(28(38)39-22)16-18-6-8-20(29)9-7-18/h4-9,12,15,19H,3,10-11,13-14,16H2,1-2H3. The third-order valence-corrected chi connectivity index (χ3v) is 8.26. The average molecular weight is 567 g/mol. The van der Waals surface area contributed by atoms with Gasteiger partial charge in [-0.2, -0.15) is 0 Å². The Kier molecular flexibility index (Phi) is 7.81. The highest BCUT2D eigenvalue weighted by Gasteiger charge is 2.34. The fourth-order valence-electron chi connectivity index (χ4n) is 4.79. The van der Waals surface area contributed by atoms with E-state index in [1.165, 1.54) is 21.4 Å². The summed E-state index contributed by atoms with van der Waals surface area (Å²) in [7, 11) is 0. The molecule has 8 nitrogen and oxygen atoms in total. The number of carbonyl (C=O) groups excluding carboxylic acids is 2. The molecule has 11 heteroatoms. The maximum absolute atomic E-state index is 13.8. The van der Waals surface area contributed by atoms with Crippen LogP contribution in [-0.4, -0.2) is 50.2 Å². The van der Waals surface area contributed by atoms with Gasteiger partial charge in [-0.3, -0.25) is 23.7 Å². The molecule has 2 aromatic heterocycles. The van der Waals surface area contributed by atoms with Gasteiger partial charge in [-0.1, -0.05) is 42.2 Å². The fourth-order valence-corrected chi connectivity index (χ4v) is 6.03. The van der Waals surface area contributed by atoms with Crippen molar-refractivity contribution in [1.29, 1.82) is 0 Å². The third-order valence-electron chi connectivity index (χ3n) is 6.88. The van der Waals surface area contributed by atoms with Gasteiger partial charge in [0.15, 0.2) is 0 Å². The van der Waals surface area contributed by atoms with Crippen LogP contribution in [0.4, 0.5) is 10.2 Å². The molecule has 0 N–H and O–H groups in total. The second kappa shape index (κ2) is 11.3. The van der Waals surface area contributed by atoms with Crippen LogP contribution in [0, 0.1) is 18.7 Å². The number of hydrogen-bond donors (Lipinski definition) is 0. The van der Waals surface area contributed by atoms with Crippen LogP contribution in [0.2, 0.25) is 0 Å². The summed E-state index contributed by atoms with van der Waals surface area (Å²) < 4.78 is 20.4. The van der Waals surface area contributed by atoms with Crippen LogP contribution in [0.15, 0.2) is 52.3 Å². The van der Waals surface area contributed by atoms with E-state index in [2.05, 4.69) is 0 Å². The molecular formula is C28H27FN4O4S2. The minimum absolute atomic E-state index is 0.198. The fraction of sp³-hybridized carbons (Fsp3) is 0.321. The van der Waals surface area contributed by atoms with Gasteiger partial charge in [0.25, 0.3) is 11.5 Å². The summed E-state index contributed by atoms with van der Waals surface area (Å²) in [5, 5.41) is 0. The maximum Gasteiger partial charge on any atom is 0.309 e. The van der Waals surface area contributed by atoms with Crippen LogP contribution in [-0.2, 0) is 20.9 Å². The van der Waals surface area contributed by atoms with Crippen molar-refractivity contribution in [2.24, 2.45) is 5.92 Å². The van der Waals surface area contributed by atoms with E-state index in [1.807, 2.05) is 17.9 Å². The van der Waals surface area contributed by atoms with E-state index < -0.39 is 0 Å². The van der Waals surface area contributed by atoms with Crippen LogP contribution >= 0.6 is 24.0 Å². The highest BCUT2D eigenvalue weighted by molar-refractivity contribution is 8.26. The number of rotatable bonds is 6. The Bertz CT molecular complexity index is 1550. The Morgan fingerprint density at radius 2 is 1.92 bits per heavy atom. The van der Waals surface area contributed by atoms with E-state index in [4.69, 9.17) is 21.9 Å². The lowest BCUT2D eigenvalue weighted by Gasteiger charge is -2.32. The van der Waals surface area contributed by atoms with Crippen molar-refractivity contribution >= 4 is 57.7 Å². The molecule has 2 aliphatic heterocycles. The number of esters is 1. The number of piperidine rings is 1. The average Bonchev–Trinajstić information content (AvgIpc) is 3.19. The maximum atomic E-state index is 13.8. The summed E-state index contributed by atoms with van der Waals surface area (Å²) in [6.07, 6.45) is 4.38. The van der Waals surface area contributed by atoms with Gasteiger partial charge in [0.05, 0.1) is 29.5 Å². The molecule has 0 spiro atoms. The van der Waals surface area contributed by atoms with Gasteiger partial charge >= 0.3 is 5.97 Å². The summed E-state index contributed by atoms with van der Waals surface area (Å²) in [6, 6.07) is 9.56. The van der Waals surface area contributed by atoms with E-state index >= 15 is 0 Å². The lowest BCUT2D eigenvalue weighted by atomic mass is 9.96. The van der Waals surface area contributed by atoms with Crippen LogP contribution in [0.1, 0.15) is 36.5 Å². The number of amides is 1. The number of aryl methyl sites for hydroxylation is 1. The molecule has 0 aliphatic carbocycles. The van der Waals surface area contributed by atoms with Crippen LogP contribution in [0.3, 0.4) is 0 Å². The number of fused-ring (bicyclic) bond motifs is 1. The molecule has 3 aromatic rings. The van der Waals surface area contributed by atoms with Crippen LogP contribution < -0.4 is 10.5 Å². The Hall–Kier alpha value is -3.57. The van der Waals surface area contributed by atoms with Crippen molar-refractivity contribution in [3.05, 3.63) is 80.4 Å². The molecule has 39 heavy (non-hydrogen) atoms. The lowest BCUT2D eigenvalue weighted by Crippen LogP contribution is -2.39. The van der Waals surface area contributed by atoms with Crippen molar-refractivity contribution < 1.29 is 18.7 Å². The van der Waals surface area contributed by atoms with Crippen molar-refractivity contribution in [3.63, 3.8) is 0 Å². The van der Waals surface area contributed by atoms with Crippen molar-refractivity contribution in [2.45, 2.75) is 33.2 Å². The molecule has 2 aliphatic rings. The molecule has 0 atom stereocenters. The topological polar surface area (TPSA) is 84.2 Å². The SMILES string of the molecule is CCOC(=O)C1CCN(c2nc3c(C)cccn3c(=O)c2C=C2SC(=S)N(Cc3ccc(F)cc3)C2=O)CC1. The minimum atomic E-state index is -0.359. The Labute approximate surface area is 234 Å². The zero-order chi connectivity index (χ0) is 27.7. The summed E-state index contributed by atoms with van der Waals surface area (Å²) in [5.41, 5.74) is 2.10. The van der Waals surface area contributed by atoms with Crippen LogP contribution in [0.5, 0.6) is 0 Å². The van der Waals surface area contributed by atoms with Gasteiger partial charge < -0.3 is 9.64 Å². The number of carbonyl (C=O) groups is 2. The first-order valence-electron chi connectivity index (χ1n) is 12.7. The zero-order valence-corrected chi connectivity index (χ0v) is 23.2. The molecule has 202 valence electrons. The monoisotopic (exact) mass is 566 g/mol. The van der Waals surface area contributed by atoms with E-state index in [0.29, 0.717) is 53.2 Å². The number of thiocarbonyl (C=S) groups is 1. The van der Waals surface area contributed by atoms with Crippen LogP contribution in [0.25, 0.3) is 11.7 Å². The first-order chi connectivity index (χ1) is 18.8. The van der Waals surface area contributed by atoms with Gasteiger partial charge in [-0.05, 0) is 62.1 Å². The number of pyridine rings is 1. The molecule has 5 rings (SSSR count). The predicted octanol–water partition coefficient (Wildman–Crippen LogP) is 4.32. The quantitative estimate of drug-likeness (QED) is 0.248. The molecule has 2 fully saturated rings. The molecule has 2 saturated heterocycles.